The first-order valence-electron chi connectivity index (χ1n) is 14.6. The minimum atomic E-state index is -0.208. The molecule has 1 aliphatic carbocycles. The maximum absolute atomic E-state index is 15.3. The van der Waals surface area contributed by atoms with Crippen LogP contribution in [-0.4, -0.2) is 0 Å². The SMILES string of the molecule is C=CCC1CCC(CCc2ccc3c(F)c(C#Cc4ccc(CCCCCCC)cc4)ccc3c2)CC1. The van der Waals surface area contributed by atoms with Gasteiger partial charge in [-0.15, -0.1) is 6.58 Å². The molecule has 4 rings (SSSR count). The zero-order valence-corrected chi connectivity index (χ0v) is 22.7. The summed E-state index contributed by atoms with van der Waals surface area (Å²) in [6.45, 7) is 6.14. The number of hydrogen-bond donors (Lipinski definition) is 0. The molecule has 0 amide bonds. The summed E-state index contributed by atoms with van der Waals surface area (Å²) in [6, 6.07) is 18.5. The van der Waals surface area contributed by atoms with Crippen molar-refractivity contribution in [1.82, 2.24) is 0 Å². The fourth-order valence-electron chi connectivity index (χ4n) is 5.78. The number of fused-ring (bicyclic) bond motifs is 1. The fourth-order valence-corrected chi connectivity index (χ4v) is 5.78. The highest BCUT2D eigenvalue weighted by molar-refractivity contribution is 5.85. The molecule has 1 aliphatic rings. The normalized spacial score (nSPS) is 17.4. The van der Waals surface area contributed by atoms with E-state index in [-0.39, 0.29) is 5.82 Å². The predicted octanol–water partition coefficient (Wildman–Crippen LogP) is 10.2. The molecule has 0 aromatic heterocycles. The van der Waals surface area contributed by atoms with Crippen LogP contribution in [0.25, 0.3) is 10.8 Å². The minimum Gasteiger partial charge on any atom is -0.205 e. The number of benzene rings is 3. The van der Waals surface area contributed by atoms with Crippen molar-refractivity contribution >= 4 is 10.8 Å². The molecule has 1 heteroatoms. The number of aryl methyl sites for hydroxylation is 2. The van der Waals surface area contributed by atoms with Crippen molar-refractivity contribution in [3.05, 3.63) is 95.3 Å². The number of hydrogen-bond acceptors (Lipinski definition) is 0. The second-order valence-electron chi connectivity index (χ2n) is 11.0. The van der Waals surface area contributed by atoms with Crippen LogP contribution in [0.2, 0.25) is 0 Å². The van der Waals surface area contributed by atoms with Crippen molar-refractivity contribution in [3.8, 4) is 11.8 Å². The number of halogens is 1. The minimum absolute atomic E-state index is 0.208. The molecule has 0 spiro atoms. The van der Waals surface area contributed by atoms with Gasteiger partial charge < -0.3 is 0 Å². The van der Waals surface area contributed by atoms with Gasteiger partial charge in [0.15, 0.2) is 0 Å². The van der Waals surface area contributed by atoms with E-state index in [1.165, 1.54) is 81.8 Å². The van der Waals surface area contributed by atoms with Crippen molar-refractivity contribution in [2.45, 2.75) is 90.4 Å². The molecule has 0 heterocycles. The molecule has 194 valence electrons. The molecule has 0 saturated heterocycles. The summed E-state index contributed by atoms with van der Waals surface area (Å²) in [6.07, 6.45) is 18.5. The van der Waals surface area contributed by atoms with E-state index in [4.69, 9.17) is 0 Å². The molecule has 1 fully saturated rings. The highest BCUT2D eigenvalue weighted by Crippen LogP contribution is 2.33. The molecular weight excluding hydrogens is 451 g/mol. The Balaban J connectivity index is 1.33. The summed E-state index contributed by atoms with van der Waals surface area (Å²) < 4.78 is 15.3. The first-order chi connectivity index (χ1) is 18.2. The van der Waals surface area contributed by atoms with Crippen molar-refractivity contribution in [2.24, 2.45) is 11.8 Å². The third kappa shape index (κ3) is 8.07. The van der Waals surface area contributed by atoms with Crippen LogP contribution in [0.1, 0.15) is 99.8 Å². The van der Waals surface area contributed by atoms with E-state index in [9.17, 15) is 0 Å². The standard InChI is InChI=1S/C36H43F/c1-3-5-6-7-8-10-29-13-17-31(18-14-29)21-23-33-24-25-34-27-32(22-26-35(34)36(33)37)20-19-30-15-11-28(9-4-2)12-16-30/h4,13-14,17-18,22,24-28,30H,2-3,5-12,15-16,19-20H2,1H3. The van der Waals surface area contributed by atoms with Crippen LogP contribution >= 0.6 is 0 Å². The Morgan fingerprint density at radius 1 is 0.811 bits per heavy atom. The molecular formula is C36H43F. The zero-order valence-electron chi connectivity index (χ0n) is 22.7. The lowest BCUT2D eigenvalue weighted by molar-refractivity contribution is 0.265. The monoisotopic (exact) mass is 494 g/mol. The van der Waals surface area contributed by atoms with E-state index in [0.29, 0.717) is 10.9 Å². The second-order valence-corrected chi connectivity index (χ2v) is 11.0. The maximum Gasteiger partial charge on any atom is 0.146 e. The first-order valence-corrected chi connectivity index (χ1v) is 14.6. The third-order valence-electron chi connectivity index (χ3n) is 8.19. The van der Waals surface area contributed by atoms with Crippen molar-refractivity contribution in [3.63, 3.8) is 0 Å². The van der Waals surface area contributed by atoms with Crippen LogP contribution in [0, 0.1) is 29.5 Å². The third-order valence-corrected chi connectivity index (χ3v) is 8.19. The Kier molecular flexibility index (Phi) is 10.4. The largest absolute Gasteiger partial charge is 0.205 e. The number of allylic oxidation sites excluding steroid dienone is 1. The van der Waals surface area contributed by atoms with Gasteiger partial charge in [0.25, 0.3) is 0 Å². The summed E-state index contributed by atoms with van der Waals surface area (Å²) in [5.74, 6) is 7.70. The lowest BCUT2D eigenvalue weighted by Gasteiger charge is -2.27. The first kappa shape index (κ1) is 27.2. The molecule has 0 N–H and O–H groups in total. The Bertz CT molecular complexity index is 1200. The van der Waals surface area contributed by atoms with Crippen LogP contribution in [-0.2, 0) is 12.8 Å². The van der Waals surface area contributed by atoms with Gasteiger partial charge in [-0.05, 0) is 91.5 Å². The Hall–Kier alpha value is -2.85. The van der Waals surface area contributed by atoms with Crippen molar-refractivity contribution in [2.75, 3.05) is 0 Å². The molecule has 3 aromatic rings. The lowest BCUT2D eigenvalue weighted by atomic mass is 9.78. The number of unbranched alkanes of at least 4 members (excludes halogenated alkanes) is 4. The van der Waals surface area contributed by atoms with Crippen LogP contribution in [0.15, 0.2) is 67.3 Å². The molecule has 0 radical (unpaired) electrons. The van der Waals surface area contributed by atoms with E-state index in [2.05, 4.69) is 67.8 Å². The highest BCUT2D eigenvalue weighted by Gasteiger charge is 2.20. The van der Waals surface area contributed by atoms with E-state index in [1.54, 1.807) is 0 Å². The van der Waals surface area contributed by atoms with Gasteiger partial charge in [-0.1, -0.05) is 99.8 Å². The molecule has 0 aliphatic heterocycles. The van der Waals surface area contributed by atoms with Gasteiger partial charge >= 0.3 is 0 Å². The summed E-state index contributed by atoms with van der Waals surface area (Å²) in [7, 11) is 0. The van der Waals surface area contributed by atoms with Crippen LogP contribution in [0.5, 0.6) is 0 Å². The topological polar surface area (TPSA) is 0 Å². The zero-order chi connectivity index (χ0) is 25.9. The molecule has 0 nitrogen and oxygen atoms in total. The highest BCUT2D eigenvalue weighted by atomic mass is 19.1. The van der Waals surface area contributed by atoms with Gasteiger partial charge in [-0.3, -0.25) is 0 Å². The van der Waals surface area contributed by atoms with Crippen LogP contribution in [0.3, 0.4) is 0 Å². The molecule has 0 unspecified atom stereocenters. The van der Waals surface area contributed by atoms with Crippen LogP contribution in [0.4, 0.5) is 4.39 Å². The molecule has 37 heavy (non-hydrogen) atoms. The van der Waals surface area contributed by atoms with E-state index in [0.717, 1.165) is 35.6 Å². The van der Waals surface area contributed by atoms with Gasteiger partial charge in [-0.2, -0.15) is 0 Å². The van der Waals surface area contributed by atoms with Crippen molar-refractivity contribution in [1.29, 1.82) is 0 Å². The fraction of sp³-hybridized carbons (Fsp3) is 0.444. The Labute approximate surface area is 224 Å². The number of rotatable bonds is 11. The Morgan fingerprint density at radius 3 is 2.30 bits per heavy atom. The van der Waals surface area contributed by atoms with E-state index in [1.807, 2.05) is 18.2 Å². The summed E-state index contributed by atoms with van der Waals surface area (Å²) >= 11 is 0. The van der Waals surface area contributed by atoms with Gasteiger partial charge in [0.05, 0.1) is 5.56 Å². The molecule has 0 atom stereocenters. The van der Waals surface area contributed by atoms with Gasteiger partial charge in [-0.25, -0.2) is 4.39 Å². The van der Waals surface area contributed by atoms with Crippen LogP contribution < -0.4 is 0 Å². The predicted molar refractivity (Wildman–Crippen MR) is 157 cm³/mol. The lowest BCUT2D eigenvalue weighted by Crippen LogP contribution is -2.14. The van der Waals surface area contributed by atoms with Crippen molar-refractivity contribution < 1.29 is 4.39 Å². The summed E-state index contributed by atoms with van der Waals surface area (Å²) in [4.78, 5) is 0. The average Bonchev–Trinajstić information content (AvgIpc) is 2.93. The maximum atomic E-state index is 15.3. The van der Waals surface area contributed by atoms with Gasteiger partial charge in [0.1, 0.15) is 5.82 Å². The van der Waals surface area contributed by atoms with Gasteiger partial charge in [0, 0.05) is 10.9 Å². The quantitative estimate of drug-likeness (QED) is 0.141. The smallest absolute Gasteiger partial charge is 0.146 e. The van der Waals surface area contributed by atoms with E-state index >= 15 is 4.39 Å². The molecule has 1 saturated carbocycles. The second kappa shape index (κ2) is 14.2. The van der Waals surface area contributed by atoms with E-state index < -0.39 is 0 Å². The molecule has 3 aromatic carbocycles. The molecule has 0 bridgehead atoms. The summed E-state index contributed by atoms with van der Waals surface area (Å²) in [5.41, 5.74) is 4.07. The average molecular weight is 495 g/mol. The summed E-state index contributed by atoms with van der Waals surface area (Å²) in [5, 5.41) is 1.64. The Morgan fingerprint density at radius 2 is 1.54 bits per heavy atom. The van der Waals surface area contributed by atoms with Gasteiger partial charge in [0.2, 0.25) is 0 Å².